The molecule has 4 saturated heterocycles. The molecule has 0 radical (unpaired) electrons. The molecule has 4 fully saturated rings. The lowest BCUT2D eigenvalue weighted by molar-refractivity contribution is -0.304. The number of hydrogen-bond donors (Lipinski definition) is 17. The van der Waals surface area contributed by atoms with Crippen molar-refractivity contribution in [3.63, 3.8) is 0 Å². The van der Waals surface area contributed by atoms with Crippen LogP contribution in [0.1, 0.15) is 47.1 Å². The highest BCUT2D eigenvalue weighted by Gasteiger charge is 2.47. The zero-order chi connectivity index (χ0) is 66.0. The molecule has 20 unspecified atom stereocenters. The Morgan fingerprint density at radius 3 is 1.00 bits per heavy atom. The van der Waals surface area contributed by atoms with E-state index in [9.17, 15) is 66.4 Å². The van der Waals surface area contributed by atoms with Gasteiger partial charge in [-0.05, 0) is 116 Å². The maximum atomic E-state index is 9.85. The highest BCUT2D eigenvalue weighted by atomic mass is 16.7. The number of unbranched alkanes of at least 4 members (excludes halogenated alkanes) is 1. The summed E-state index contributed by atoms with van der Waals surface area (Å²) in [6.45, 7) is 1.01. The zero-order valence-corrected chi connectivity index (χ0v) is 50.7. The number of benzene rings is 4. The second kappa shape index (κ2) is 39.0. The summed E-state index contributed by atoms with van der Waals surface area (Å²) in [6, 6.07) is 27.8. The van der Waals surface area contributed by atoms with Crippen molar-refractivity contribution >= 4 is 0 Å². The Labute approximate surface area is 521 Å². The Morgan fingerprint density at radius 2 is 0.644 bits per heavy atom. The summed E-state index contributed by atoms with van der Waals surface area (Å²) in [5.41, 5.74) is 4.93. The van der Waals surface area contributed by atoms with Gasteiger partial charge < -0.3 is 139 Å². The number of phenolic OH excluding ortho intramolecular Hbond substituents is 1. The van der Waals surface area contributed by atoms with Gasteiger partial charge in [0.05, 0.1) is 67.6 Å². The van der Waals surface area contributed by atoms with Gasteiger partial charge >= 0.3 is 0 Å². The van der Waals surface area contributed by atoms with Crippen LogP contribution in [-0.4, -0.2) is 277 Å². The van der Waals surface area contributed by atoms with Crippen LogP contribution in [0, 0.1) is 6.92 Å². The molecule has 508 valence electrons. The molecule has 0 amide bonds. The van der Waals surface area contributed by atoms with Crippen LogP contribution >= 0.6 is 0 Å². The number of ether oxygens (including phenoxy) is 11. The van der Waals surface area contributed by atoms with Gasteiger partial charge in [-0.1, -0.05) is 48.5 Å². The molecule has 0 saturated carbocycles. The first-order valence-electron chi connectivity index (χ1n) is 29.5. The summed E-state index contributed by atoms with van der Waals surface area (Å²) in [6.07, 6.45) is -20.4. The minimum absolute atomic E-state index is 0.146. The lowest BCUT2D eigenvalue weighted by Gasteiger charge is -2.39. The lowest BCUT2D eigenvalue weighted by atomic mass is 9.99. The van der Waals surface area contributed by atoms with E-state index in [1.54, 1.807) is 51.7 Å². The van der Waals surface area contributed by atoms with Crippen LogP contribution in [0.15, 0.2) is 91.0 Å². The molecule has 4 aliphatic heterocycles. The highest BCUT2D eigenvalue weighted by Crippen LogP contribution is 2.27. The van der Waals surface area contributed by atoms with Gasteiger partial charge in [-0.2, -0.15) is 0 Å². The summed E-state index contributed by atoms with van der Waals surface area (Å²) in [5.74, 6) is 2.56. The molecule has 4 aliphatic rings. The van der Waals surface area contributed by atoms with E-state index in [1.807, 2.05) is 67.6 Å². The molecular formula is C62H92O28. The number of aryl methyl sites for hydroxylation is 3. The topological polar surface area (TPSA) is 445 Å². The molecule has 4 heterocycles. The fourth-order valence-electron chi connectivity index (χ4n) is 9.58. The molecule has 28 nitrogen and oxygen atoms in total. The quantitative estimate of drug-likeness (QED) is 0.0301. The van der Waals surface area contributed by atoms with Crippen LogP contribution in [0.5, 0.6) is 23.0 Å². The number of aromatic hydroxyl groups is 1. The fraction of sp³-hybridized carbons (Fsp3) is 0.613. The number of hydrogen-bond acceptors (Lipinski definition) is 28. The van der Waals surface area contributed by atoms with Crippen molar-refractivity contribution < 1.29 is 139 Å². The van der Waals surface area contributed by atoms with Gasteiger partial charge in [0.1, 0.15) is 121 Å². The smallest absolute Gasteiger partial charge is 0.187 e. The summed E-state index contributed by atoms with van der Waals surface area (Å²) in [4.78, 5) is 0. The molecule has 17 N–H and O–H groups in total. The predicted octanol–water partition coefficient (Wildman–Crippen LogP) is -2.65. The Morgan fingerprint density at radius 1 is 0.333 bits per heavy atom. The Balaban J connectivity index is 0.000000218. The predicted molar refractivity (Wildman–Crippen MR) is 315 cm³/mol. The van der Waals surface area contributed by atoms with E-state index in [2.05, 4.69) is 0 Å². The normalized spacial score (nSPS) is 31.6. The summed E-state index contributed by atoms with van der Waals surface area (Å²) in [5, 5.41) is 163. The second-order valence-electron chi connectivity index (χ2n) is 21.7. The Bertz CT molecular complexity index is 2560. The van der Waals surface area contributed by atoms with Crippen LogP contribution in [0.2, 0.25) is 0 Å². The van der Waals surface area contributed by atoms with E-state index in [0.717, 1.165) is 65.0 Å². The molecule has 0 aliphatic carbocycles. The van der Waals surface area contributed by atoms with Gasteiger partial charge in [0, 0.05) is 6.61 Å². The van der Waals surface area contributed by atoms with Crippen LogP contribution in [0.4, 0.5) is 0 Å². The van der Waals surface area contributed by atoms with E-state index in [-0.39, 0.29) is 19.0 Å². The first-order valence-corrected chi connectivity index (χ1v) is 29.5. The van der Waals surface area contributed by atoms with Crippen LogP contribution < -0.4 is 14.2 Å². The molecule has 0 spiro atoms. The first-order chi connectivity index (χ1) is 43.1. The number of phenols is 1. The van der Waals surface area contributed by atoms with Crippen LogP contribution in [0.25, 0.3) is 0 Å². The molecule has 4 aromatic rings. The molecule has 90 heavy (non-hydrogen) atoms. The van der Waals surface area contributed by atoms with Gasteiger partial charge in [-0.3, -0.25) is 0 Å². The van der Waals surface area contributed by atoms with Gasteiger partial charge in [0.25, 0.3) is 0 Å². The third-order valence-corrected chi connectivity index (χ3v) is 15.3. The minimum Gasteiger partial charge on any atom is -0.508 e. The molecule has 20 atom stereocenters. The number of rotatable bonds is 25. The van der Waals surface area contributed by atoms with Gasteiger partial charge in [-0.25, -0.2) is 0 Å². The van der Waals surface area contributed by atoms with Crippen molar-refractivity contribution in [3.8, 4) is 23.0 Å². The molecule has 0 bridgehead atoms. The van der Waals surface area contributed by atoms with E-state index < -0.39 is 149 Å². The lowest BCUT2D eigenvalue weighted by Crippen LogP contribution is -2.59. The van der Waals surface area contributed by atoms with E-state index >= 15 is 0 Å². The Kier molecular flexibility index (Phi) is 32.8. The average Bonchev–Trinajstić information content (AvgIpc) is 1.81. The van der Waals surface area contributed by atoms with Gasteiger partial charge in [-0.15, -0.1) is 0 Å². The van der Waals surface area contributed by atoms with Crippen LogP contribution in [-0.2, 0) is 63.8 Å². The van der Waals surface area contributed by atoms with Crippen molar-refractivity contribution in [2.24, 2.45) is 0 Å². The fourth-order valence-corrected chi connectivity index (χ4v) is 9.58. The summed E-state index contributed by atoms with van der Waals surface area (Å²) < 4.78 is 57.9. The molecular weight excluding hydrogens is 1190 g/mol. The third kappa shape index (κ3) is 22.4. The number of aliphatic hydroxyl groups excluding tert-OH is 16. The van der Waals surface area contributed by atoms with Gasteiger partial charge in [0.15, 0.2) is 25.2 Å². The first kappa shape index (κ1) is 75.8. The number of aliphatic hydroxyl groups is 16. The zero-order valence-electron chi connectivity index (χ0n) is 50.7. The Hall–Kier alpha value is -4.88. The van der Waals surface area contributed by atoms with Crippen molar-refractivity contribution in [3.05, 3.63) is 119 Å². The molecule has 0 aromatic heterocycles. The van der Waals surface area contributed by atoms with Crippen molar-refractivity contribution in [2.45, 2.75) is 175 Å². The van der Waals surface area contributed by atoms with Crippen molar-refractivity contribution in [2.75, 3.05) is 67.6 Å². The minimum atomic E-state index is -1.43. The van der Waals surface area contributed by atoms with Gasteiger partial charge in [0.2, 0.25) is 0 Å². The molecule has 8 rings (SSSR count). The highest BCUT2D eigenvalue weighted by molar-refractivity contribution is 5.35. The van der Waals surface area contributed by atoms with E-state index in [1.165, 1.54) is 0 Å². The standard InChI is InChI=1S/C17H26O7.C16H24O7.C15H22O7.C14H20O7/c1-10-8-11(5-6-12(10)19)4-2-3-7-23-17-16(22)15(21)14(20)13(9-18)24-17;1-21-11-6-4-10(5-7-11)3-2-8-22-16-15(20)14(19)13(18)12(9-17)23-16;1-20-10-4-2-9(3-5-10)6-7-21-15-14(19)13(18)12(17)11(8-16)22-15;1-19-9-4-2-8(3-5-9)7-20-14-13(18)12(17)11(16)10(6-15)21-14/h5-6,8,13-22H,2-4,7,9H2,1H3;4-7,12-20H,2-3,8-9H2,1H3;2-5,11-19H,6-8H2,1H3;2-5,10-18H,6-7H2,1H3. The largest absolute Gasteiger partial charge is 0.508 e. The van der Waals surface area contributed by atoms with Crippen molar-refractivity contribution in [1.29, 1.82) is 0 Å². The maximum Gasteiger partial charge on any atom is 0.187 e. The van der Waals surface area contributed by atoms with Crippen molar-refractivity contribution in [1.82, 2.24) is 0 Å². The maximum absolute atomic E-state index is 9.85. The van der Waals surface area contributed by atoms with E-state index in [4.69, 9.17) is 72.5 Å². The van der Waals surface area contributed by atoms with Crippen LogP contribution in [0.3, 0.4) is 0 Å². The second-order valence-corrected chi connectivity index (χ2v) is 21.7. The summed E-state index contributed by atoms with van der Waals surface area (Å²) in [7, 11) is 4.78. The molecule has 28 heteroatoms. The SMILES string of the molecule is COc1ccc(CCCOC2OC(CO)C(O)C(O)C2O)cc1.COc1ccc(CCOC2OC(CO)C(O)C(O)C2O)cc1.COc1ccc(COC2OC(CO)C(O)C(O)C2O)cc1.Cc1cc(CCCCOC2OC(CO)C(O)C(O)C2O)ccc1O. The van der Waals surface area contributed by atoms with E-state index in [0.29, 0.717) is 31.8 Å². The summed E-state index contributed by atoms with van der Waals surface area (Å²) >= 11 is 0. The monoisotopic (exact) mass is 1280 g/mol. The number of methoxy groups -OCH3 is 3. The molecule has 4 aromatic carbocycles. The third-order valence-electron chi connectivity index (χ3n) is 15.3. The average molecular weight is 1290 g/mol.